The van der Waals surface area contributed by atoms with Gasteiger partial charge in [-0.05, 0) is 12.8 Å². The number of anilines is 1. The molecule has 0 aliphatic carbocycles. The van der Waals surface area contributed by atoms with Gasteiger partial charge in [-0.25, -0.2) is 4.98 Å². The Labute approximate surface area is 118 Å². The number of aromatic nitrogens is 1. The molecule has 0 bridgehead atoms. The first-order chi connectivity index (χ1) is 8.81. The van der Waals surface area contributed by atoms with Gasteiger partial charge in [0.2, 0.25) is 0 Å². The van der Waals surface area contributed by atoms with Crippen molar-refractivity contribution >= 4 is 22.4 Å². The lowest BCUT2D eigenvalue weighted by Gasteiger charge is -2.24. The van der Waals surface area contributed by atoms with Gasteiger partial charge in [0.1, 0.15) is 0 Å². The lowest BCUT2D eigenvalue weighted by Crippen LogP contribution is -2.33. The zero-order valence-electron chi connectivity index (χ0n) is 12.0. The van der Waals surface area contributed by atoms with E-state index in [1.54, 1.807) is 18.3 Å². The van der Waals surface area contributed by atoms with Gasteiger partial charge in [0.15, 0.2) is 5.13 Å². The number of carboxylic acids is 1. The van der Waals surface area contributed by atoms with Crippen LogP contribution in [0.15, 0.2) is 17.5 Å². The molecule has 0 saturated carbocycles. The summed E-state index contributed by atoms with van der Waals surface area (Å²) in [7, 11) is 0. The van der Waals surface area contributed by atoms with Gasteiger partial charge >= 0.3 is 5.97 Å². The normalized spacial score (nSPS) is 12.5. The third-order valence-corrected chi connectivity index (χ3v) is 3.67. The summed E-state index contributed by atoms with van der Waals surface area (Å²) in [5.41, 5.74) is 2.05. The van der Waals surface area contributed by atoms with E-state index in [0.29, 0.717) is 19.0 Å². The molecule has 0 spiro atoms. The second-order valence-electron chi connectivity index (χ2n) is 5.29. The molecule has 0 aliphatic rings. The Balaban J connectivity index is 2.88. The SMILES string of the molecule is C=C(C)CN(CC(C)C(=O)O)c1nc(C(C)C)cs1. The van der Waals surface area contributed by atoms with Crippen LogP contribution in [0.25, 0.3) is 0 Å². The summed E-state index contributed by atoms with van der Waals surface area (Å²) in [5, 5.41) is 12.0. The van der Waals surface area contributed by atoms with Crippen LogP contribution in [0.2, 0.25) is 0 Å². The minimum atomic E-state index is -0.785. The number of rotatable bonds is 7. The van der Waals surface area contributed by atoms with Crippen LogP contribution < -0.4 is 4.90 Å². The molecule has 0 radical (unpaired) electrons. The van der Waals surface area contributed by atoms with Crippen molar-refractivity contribution in [3.8, 4) is 0 Å². The number of nitrogens with zero attached hydrogens (tertiary/aromatic N) is 2. The van der Waals surface area contributed by atoms with Crippen molar-refractivity contribution < 1.29 is 9.90 Å². The Morgan fingerprint density at radius 2 is 2.16 bits per heavy atom. The third-order valence-electron chi connectivity index (χ3n) is 2.75. The van der Waals surface area contributed by atoms with Gasteiger partial charge in [-0.1, -0.05) is 32.9 Å². The molecule has 1 heterocycles. The maximum atomic E-state index is 11.0. The number of carbonyl (C=O) groups is 1. The van der Waals surface area contributed by atoms with Crippen molar-refractivity contribution in [1.29, 1.82) is 0 Å². The molecule has 0 aromatic carbocycles. The number of carboxylic acid groups (broad SMARTS) is 1. The van der Waals surface area contributed by atoms with E-state index in [-0.39, 0.29) is 0 Å². The smallest absolute Gasteiger partial charge is 0.308 e. The fraction of sp³-hybridized carbons (Fsp3) is 0.571. The topological polar surface area (TPSA) is 53.4 Å². The zero-order chi connectivity index (χ0) is 14.6. The molecule has 0 saturated heterocycles. The van der Waals surface area contributed by atoms with E-state index in [4.69, 9.17) is 5.11 Å². The van der Waals surface area contributed by atoms with Crippen LogP contribution in [0.4, 0.5) is 5.13 Å². The second-order valence-corrected chi connectivity index (χ2v) is 6.12. The van der Waals surface area contributed by atoms with E-state index in [1.807, 2.05) is 17.2 Å². The summed E-state index contributed by atoms with van der Waals surface area (Å²) in [5.74, 6) is -0.827. The summed E-state index contributed by atoms with van der Waals surface area (Å²) in [6.07, 6.45) is 0. The molecule has 1 rings (SSSR count). The highest BCUT2D eigenvalue weighted by Gasteiger charge is 2.19. The first kappa shape index (κ1) is 15.7. The molecule has 1 atom stereocenters. The summed E-state index contributed by atoms with van der Waals surface area (Å²) in [6, 6.07) is 0. The van der Waals surface area contributed by atoms with Crippen LogP contribution in [0.5, 0.6) is 0 Å². The van der Waals surface area contributed by atoms with Crippen molar-refractivity contribution in [2.24, 2.45) is 5.92 Å². The van der Waals surface area contributed by atoms with E-state index in [1.165, 1.54) is 0 Å². The molecule has 1 unspecified atom stereocenters. The van der Waals surface area contributed by atoms with Gasteiger partial charge in [0.25, 0.3) is 0 Å². The Hall–Kier alpha value is -1.36. The largest absolute Gasteiger partial charge is 0.481 e. The fourth-order valence-electron chi connectivity index (χ4n) is 1.63. The van der Waals surface area contributed by atoms with E-state index in [9.17, 15) is 4.79 Å². The third kappa shape index (κ3) is 4.67. The van der Waals surface area contributed by atoms with Gasteiger partial charge in [-0.2, -0.15) is 0 Å². The van der Waals surface area contributed by atoms with Gasteiger partial charge in [-0.15, -0.1) is 11.3 Å². The molecular formula is C14H22N2O2S. The van der Waals surface area contributed by atoms with Crippen LogP contribution in [-0.2, 0) is 4.79 Å². The Morgan fingerprint density at radius 1 is 1.53 bits per heavy atom. The first-order valence-electron chi connectivity index (χ1n) is 6.38. The minimum absolute atomic E-state index is 0.383. The maximum absolute atomic E-state index is 11.0. The highest BCUT2D eigenvalue weighted by Crippen LogP contribution is 2.26. The van der Waals surface area contributed by atoms with Crippen molar-refractivity contribution in [3.05, 3.63) is 23.2 Å². The summed E-state index contributed by atoms with van der Waals surface area (Å²) >= 11 is 1.56. The average Bonchev–Trinajstić information content (AvgIpc) is 2.76. The van der Waals surface area contributed by atoms with Crippen molar-refractivity contribution in [1.82, 2.24) is 4.98 Å². The van der Waals surface area contributed by atoms with E-state index < -0.39 is 11.9 Å². The standard InChI is InChI=1S/C14H22N2O2S/c1-9(2)6-16(7-11(5)13(17)18)14-15-12(8-19-14)10(3)4/h8,10-11H,1,6-7H2,2-5H3,(H,17,18). The Bertz CT molecular complexity index is 454. The monoisotopic (exact) mass is 282 g/mol. The van der Waals surface area contributed by atoms with Crippen LogP contribution in [-0.4, -0.2) is 29.1 Å². The molecule has 4 nitrogen and oxygen atoms in total. The lowest BCUT2D eigenvalue weighted by atomic mass is 10.1. The summed E-state index contributed by atoms with van der Waals surface area (Å²) in [6.45, 7) is 12.8. The highest BCUT2D eigenvalue weighted by atomic mass is 32.1. The minimum Gasteiger partial charge on any atom is -0.481 e. The molecule has 106 valence electrons. The molecule has 0 aliphatic heterocycles. The molecule has 0 amide bonds. The lowest BCUT2D eigenvalue weighted by molar-refractivity contribution is -0.140. The zero-order valence-corrected chi connectivity index (χ0v) is 12.8. The van der Waals surface area contributed by atoms with Gasteiger partial charge in [0.05, 0.1) is 11.6 Å². The molecule has 1 aromatic heterocycles. The number of aliphatic carboxylic acids is 1. The van der Waals surface area contributed by atoms with E-state index in [0.717, 1.165) is 16.4 Å². The van der Waals surface area contributed by atoms with Crippen LogP contribution in [0, 0.1) is 5.92 Å². The molecule has 1 N–H and O–H groups in total. The summed E-state index contributed by atoms with van der Waals surface area (Å²) in [4.78, 5) is 17.6. The Morgan fingerprint density at radius 3 is 2.58 bits per heavy atom. The van der Waals surface area contributed by atoms with Gasteiger partial charge in [0, 0.05) is 18.5 Å². The van der Waals surface area contributed by atoms with Crippen LogP contribution >= 0.6 is 11.3 Å². The number of thiazole rings is 1. The molecule has 0 fully saturated rings. The van der Waals surface area contributed by atoms with Crippen LogP contribution in [0.1, 0.15) is 39.3 Å². The molecular weight excluding hydrogens is 260 g/mol. The predicted octanol–water partition coefficient (Wildman–Crippen LogP) is 3.37. The Kier molecular flexibility index (Phi) is 5.54. The average molecular weight is 282 g/mol. The second kappa shape index (κ2) is 6.70. The van der Waals surface area contributed by atoms with Crippen LogP contribution in [0.3, 0.4) is 0 Å². The van der Waals surface area contributed by atoms with E-state index in [2.05, 4.69) is 25.4 Å². The van der Waals surface area contributed by atoms with Crippen molar-refractivity contribution in [3.63, 3.8) is 0 Å². The first-order valence-corrected chi connectivity index (χ1v) is 7.26. The van der Waals surface area contributed by atoms with Crippen molar-refractivity contribution in [2.45, 2.75) is 33.6 Å². The summed E-state index contributed by atoms with van der Waals surface area (Å²) < 4.78 is 0. The maximum Gasteiger partial charge on any atom is 0.308 e. The highest BCUT2D eigenvalue weighted by molar-refractivity contribution is 7.13. The van der Waals surface area contributed by atoms with Gasteiger partial charge in [-0.3, -0.25) is 4.79 Å². The van der Waals surface area contributed by atoms with Crippen molar-refractivity contribution in [2.75, 3.05) is 18.0 Å². The quantitative estimate of drug-likeness (QED) is 0.779. The molecule has 19 heavy (non-hydrogen) atoms. The number of hydrogen-bond acceptors (Lipinski definition) is 4. The van der Waals surface area contributed by atoms with E-state index >= 15 is 0 Å². The fourth-order valence-corrected chi connectivity index (χ4v) is 2.63. The van der Waals surface area contributed by atoms with Gasteiger partial charge < -0.3 is 10.0 Å². The molecule has 1 aromatic rings. The number of hydrogen-bond donors (Lipinski definition) is 1. The molecule has 5 heteroatoms. The predicted molar refractivity (Wildman–Crippen MR) is 80.0 cm³/mol.